The Labute approximate surface area is 186 Å². The zero-order valence-electron chi connectivity index (χ0n) is 17.9. The van der Waals surface area contributed by atoms with E-state index < -0.39 is 64.2 Å². The first-order valence-electron chi connectivity index (χ1n) is 10.4. The molecule has 176 valence electrons. The Morgan fingerprint density at radius 3 is 2.52 bits per heavy atom. The third-order valence-electron chi connectivity index (χ3n) is 6.32. The molecular weight excluding hydrogens is 443 g/mol. The maximum atomic E-state index is 13.9. The van der Waals surface area contributed by atoms with Gasteiger partial charge in [-0.25, -0.2) is 13.2 Å². The van der Waals surface area contributed by atoms with Gasteiger partial charge >= 0.3 is 0 Å². The zero-order valence-corrected chi connectivity index (χ0v) is 17.9. The van der Waals surface area contributed by atoms with E-state index in [-0.39, 0.29) is 24.4 Å². The fourth-order valence-electron chi connectivity index (χ4n) is 4.47. The van der Waals surface area contributed by atoms with Crippen molar-refractivity contribution >= 4 is 11.8 Å². The first-order chi connectivity index (χ1) is 15.6. The first kappa shape index (κ1) is 22.8. The van der Waals surface area contributed by atoms with Crippen molar-refractivity contribution in [3.8, 4) is 5.75 Å². The maximum absolute atomic E-state index is 13.9. The second-order valence-electron chi connectivity index (χ2n) is 8.23. The van der Waals surface area contributed by atoms with Crippen LogP contribution in [0.4, 0.5) is 13.2 Å². The average Bonchev–Trinajstić information content (AvgIpc) is 2.90. The van der Waals surface area contributed by atoms with E-state index in [0.29, 0.717) is 25.0 Å². The molecule has 0 aliphatic carbocycles. The fraction of sp³-hybridized carbons (Fsp3) is 0.409. The fourth-order valence-corrected chi connectivity index (χ4v) is 4.47. The summed E-state index contributed by atoms with van der Waals surface area (Å²) in [6, 6.07) is 0.350. The number of methoxy groups -OCH3 is 1. The largest absolute Gasteiger partial charge is 0.503 e. The molecule has 2 amide bonds. The second-order valence-corrected chi connectivity index (χ2v) is 8.23. The van der Waals surface area contributed by atoms with Gasteiger partial charge in [-0.15, -0.1) is 0 Å². The highest BCUT2D eigenvalue weighted by molar-refractivity contribution is 5.99. The van der Waals surface area contributed by atoms with E-state index >= 15 is 0 Å². The minimum atomic E-state index is -1.20. The van der Waals surface area contributed by atoms with Gasteiger partial charge in [-0.05, 0) is 19.8 Å². The Bertz CT molecular complexity index is 1180. The number of carbonyl (C=O) groups excluding carboxylic acids is 2. The van der Waals surface area contributed by atoms with Crippen LogP contribution in [0.1, 0.15) is 52.2 Å². The molecule has 2 N–H and O–H groups in total. The number of amides is 2. The minimum Gasteiger partial charge on any atom is -0.503 e. The van der Waals surface area contributed by atoms with Crippen molar-refractivity contribution in [2.24, 2.45) is 0 Å². The van der Waals surface area contributed by atoms with Crippen LogP contribution < -0.4 is 10.7 Å². The van der Waals surface area contributed by atoms with Crippen LogP contribution in [0.3, 0.4) is 0 Å². The maximum Gasteiger partial charge on any atom is 0.274 e. The second kappa shape index (κ2) is 8.54. The van der Waals surface area contributed by atoms with Crippen LogP contribution in [0.2, 0.25) is 0 Å². The monoisotopic (exact) mass is 465 g/mol. The van der Waals surface area contributed by atoms with Crippen molar-refractivity contribution < 1.29 is 32.6 Å². The number of hydrogen-bond acceptors (Lipinski definition) is 5. The predicted molar refractivity (Wildman–Crippen MR) is 109 cm³/mol. The van der Waals surface area contributed by atoms with E-state index in [9.17, 15) is 32.7 Å². The first-order valence-corrected chi connectivity index (χ1v) is 10.4. The van der Waals surface area contributed by atoms with Gasteiger partial charge in [0.05, 0.1) is 12.1 Å². The molecule has 1 fully saturated rings. The van der Waals surface area contributed by atoms with Crippen molar-refractivity contribution in [2.75, 3.05) is 13.7 Å². The Morgan fingerprint density at radius 2 is 1.88 bits per heavy atom. The number of nitrogens with zero attached hydrogens (tertiary/aromatic N) is 2. The Kier molecular flexibility index (Phi) is 5.91. The number of pyridine rings is 1. The molecule has 1 saturated heterocycles. The molecule has 2 aliphatic heterocycles. The lowest BCUT2D eigenvalue weighted by Gasteiger charge is -2.38. The summed E-state index contributed by atoms with van der Waals surface area (Å²) < 4.78 is 47.8. The summed E-state index contributed by atoms with van der Waals surface area (Å²) in [7, 11) is 1.52. The van der Waals surface area contributed by atoms with E-state index in [1.807, 2.05) is 6.92 Å². The molecule has 8 nitrogen and oxygen atoms in total. The molecule has 3 heterocycles. The molecule has 2 aliphatic rings. The Morgan fingerprint density at radius 1 is 1.21 bits per heavy atom. The highest BCUT2D eigenvalue weighted by Crippen LogP contribution is 2.35. The average molecular weight is 465 g/mol. The number of rotatable bonds is 4. The molecule has 33 heavy (non-hydrogen) atoms. The third kappa shape index (κ3) is 3.86. The number of aromatic hydroxyl groups is 1. The van der Waals surface area contributed by atoms with E-state index in [1.54, 1.807) is 4.90 Å². The lowest BCUT2D eigenvalue weighted by atomic mass is 10.0. The van der Waals surface area contributed by atoms with Gasteiger partial charge in [0.25, 0.3) is 11.8 Å². The van der Waals surface area contributed by atoms with Crippen LogP contribution in [-0.2, 0) is 11.3 Å². The summed E-state index contributed by atoms with van der Waals surface area (Å²) in [6.07, 6.45) is 2.09. The molecule has 2 aromatic rings. The van der Waals surface area contributed by atoms with Gasteiger partial charge in [0.2, 0.25) is 5.43 Å². The molecule has 0 saturated carbocycles. The third-order valence-corrected chi connectivity index (χ3v) is 6.32. The number of benzene rings is 1. The zero-order chi connectivity index (χ0) is 24.0. The molecule has 0 spiro atoms. The van der Waals surface area contributed by atoms with E-state index in [2.05, 4.69) is 5.32 Å². The molecule has 3 atom stereocenters. The summed E-state index contributed by atoms with van der Waals surface area (Å²) in [4.78, 5) is 40.0. The number of hydrogen-bond donors (Lipinski definition) is 2. The molecule has 1 aromatic heterocycles. The van der Waals surface area contributed by atoms with Gasteiger partial charge in [-0.3, -0.25) is 14.4 Å². The number of ether oxygens (including phenoxy) is 1. The van der Waals surface area contributed by atoms with Crippen molar-refractivity contribution in [1.29, 1.82) is 0 Å². The van der Waals surface area contributed by atoms with Crippen molar-refractivity contribution in [3.05, 3.63) is 62.8 Å². The van der Waals surface area contributed by atoms with Gasteiger partial charge in [0.15, 0.2) is 11.4 Å². The molecule has 1 aromatic carbocycles. The smallest absolute Gasteiger partial charge is 0.274 e. The minimum absolute atomic E-state index is 0.133. The summed E-state index contributed by atoms with van der Waals surface area (Å²) in [5.41, 5.74) is -2.42. The molecular formula is C22H22F3N3O5. The molecule has 2 bridgehead atoms. The number of carbonyl (C=O) groups is 2. The number of nitrogens with one attached hydrogen (secondary N) is 1. The van der Waals surface area contributed by atoms with Crippen LogP contribution in [0, 0.1) is 17.5 Å². The molecule has 11 heteroatoms. The number of fused-ring (bicyclic) bond motifs is 4. The van der Waals surface area contributed by atoms with Crippen molar-refractivity contribution in [3.63, 3.8) is 0 Å². The van der Waals surface area contributed by atoms with Gasteiger partial charge in [0.1, 0.15) is 23.0 Å². The summed E-state index contributed by atoms with van der Waals surface area (Å²) in [5, 5.41) is 12.8. The lowest BCUT2D eigenvalue weighted by molar-refractivity contribution is 0.0330. The van der Waals surface area contributed by atoms with Crippen LogP contribution in [0.5, 0.6) is 5.75 Å². The van der Waals surface area contributed by atoms with Crippen molar-refractivity contribution in [1.82, 2.24) is 14.8 Å². The van der Waals surface area contributed by atoms with Crippen LogP contribution in [0.25, 0.3) is 0 Å². The Balaban J connectivity index is 1.71. The number of halogens is 3. The van der Waals surface area contributed by atoms with Gasteiger partial charge in [-0.1, -0.05) is 0 Å². The topological polar surface area (TPSA) is 101 Å². The van der Waals surface area contributed by atoms with Crippen LogP contribution in [-0.4, -0.2) is 52.2 Å². The number of aromatic nitrogens is 1. The SMILES string of the molecule is CO[C@@H]1CC[C@H](C)N2C[C@H]1n1cc(C(=O)NCc3c(F)cc(F)cc3F)c(=O)c(O)c1C2=O. The van der Waals surface area contributed by atoms with E-state index in [1.165, 1.54) is 11.7 Å². The predicted octanol–water partition coefficient (Wildman–Crippen LogP) is 2.10. The van der Waals surface area contributed by atoms with E-state index in [4.69, 9.17) is 4.74 Å². The molecule has 0 radical (unpaired) electrons. The quantitative estimate of drug-likeness (QED) is 0.720. The standard InChI is InChI=1S/C22H22F3N3O5/c1-10-3-4-17(33-2)16-9-27(10)22(32)18-20(30)19(29)13(8-28(16)18)21(31)26-7-12-14(24)5-11(23)6-15(12)25/h5-6,8,10,16-17,30H,3-4,7,9H2,1-2H3,(H,26,31)/t10-,16+,17+/m0/s1. The van der Waals surface area contributed by atoms with Gasteiger partial charge in [-0.2, -0.15) is 0 Å². The Hall–Kier alpha value is -3.34. The highest BCUT2D eigenvalue weighted by Gasteiger charge is 2.42. The van der Waals surface area contributed by atoms with Gasteiger partial charge in [0, 0.05) is 50.1 Å². The summed E-state index contributed by atoms with van der Waals surface area (Å²) in [6.45, 7) is 1.47. The van der Waals surface area contributed by atoms with Crippen molar-refractivity contribution in [2.45, 2.75) is 44.5 Å². The lowest BCUT2D eigenvalue weighted by Crippen LogP contribution is -2.49. The van der Waals surface area contributed by atoms with E-state index in [0.717, 1.165) is 6.20 Å². The highest BCUT2D eigenvalue weighted by atomic mass is 19.1. The summed E-state index contributed by atoms with van der Waals surface area (Å²) in [5.74, 6) is -5.93. The van der Waals surface area contributed by atoms with Crippen LogP contribution >= 0.6 is 0 Å². The summed E-state index contributed by atoms with van der Waals surface area (Å²) >= 11 is 0. The molecule has 4 rings (SSSR count). The van der Waals surface area contributed by atoms with Crippen LogP contribution in [0.15, 0.2) is 23.1 Å². The normalized spacial score (nSPS) is 22.0. The molecule has 0 unspecified atom stereocenters. The van der Waals surface area contributed by atoms with Gasteiger partial charge < -0.3 is 24.6 Å².